The number of ether oxygens (including phenoxy) is 2. The summed E-state index contributed by atoms with van der Waals surface area (Å²) in [5, 5.41) is 2.81. The molecule has 5 heteroatoms. The van der Waals surface area contributed by atoms with Gasteiger partial charge in [-0.25, -0.2) is 0 Å². The maximum absolute atomic E-state index is 11.3. The van der Waals surface area contributed by atoms with Crippen molar-refractivity contribution in [3.63, 3.8) is 0 Å². The van der Waals surface area contributed by atoms with Crippen LogP contribution in [0.5, 0.6) is 0 Å². The maximum atomic E-state index is 11.3. The van der Waals surface area contributed by atoms with Gasteiger partial charge in [-0.05, 0) is 5.92 Å². The van der Waals surface area contributed by atoms with E-state index in [1.807, 2.05) is 13.8 Å². The molecule has 15 heavy (non-hydrogen) atoms. The average molecular weight is 218 g/mol. The van der Waals surface area contributed by atoms with Crippen LogP contribution in [0.25, 0.3) is 0 Å². The van der Waals surface area contributed by atoms with Gasteiger partial charge >= 0.3 is 0 Å². The Balaban J connectivity index is 3.62. The predicted molar refractivity (Wildman–Crippen MR) is 58.5 cm³/mol. The van der Waals surface area contributed by atoms with E-state index in [9.17, 15) is 4.79 Å². The molecule has 0 rings (SSSR count). The summed E-state index contributed by atoms with van der Waals surface area (Å²) in [6.45, 7) is 5.47. The van der Waals surface area contributed by atoms with Crippen molar-refractivity contribution in [2.24, 2.45) is 11.7 Å². The van der Waals surface area contributed by atoms with Crippen molar-refractivity contribution in [1.82, 2.24) is 5.32 Å². The van der Waals surface area contributed by atoms with Crippen molar-refractivity contribution < 1.29 is 14.3 Å². The van der Waals surface area contributed by atoms with Gasteiger partial charge in [0.15, 0.2) is 0 Å². The Morgan fingerprint density at radius 1 is 1.40 bits per heavy atom. The largest absolute Gasteiger partial charge is 0.382 e. The third-order valence-corrected chi connectivity index (χ3v) is 2.07. The Labute approximate surface area is 91.3 Å². The molecule has 0 aromatic rings. The highest BCUT2D eigenvalue weighted by atomic mass is 16.5. The molecule has 1 unspecified atom stereocenters. The first-order valence-corrected chi connectivity index (χ1v) is 5.18. The Hall–Kier alpha value is -0.650. The van der Waals surface area contributed by atoms with Gasteiger partial charge in [0.1, 0.15) is 6.61 Å². The molecule has 5 nitrogen and oxygen atoms in total. The second-order valence-corrected chi connectivity index (χ2v) is 3.70. The summed E-state index contributed by atoms with van der Waals surface area (Å²) >= 11 is 0. The normalized spacial score (nSPS) is 12.9. The van der Waals surface area contributed by atoms with Gasteiger partial charge in [-0.3, -0.25) is 4.79 Å². The van der Waals surface area contributed by atoms with E-state index in [0.29, 0.717) is 25.7 Å². The summed E-state index contributed by atoms with van der Waals surface area (Å²) in [4.78, 5) is 11.3. The SMILES string of the molecule is COCCOCC(=O)NC(CN)C(C)C. The van der Waals surface area contributed by atoms with E-state index in [0.717, 1.165) is 0 Å². The summed E-state index contributed by atoms with van der Waals surface area (Å²) in [7, 11) is 1.59. The fourth-order valence-corrected chi connectivity index (χ4v) is 1.05. The minimum atomic E-state index is -0.129. The van der Waals surface area contributed by atoms with Crippen LogP contribution in [-0.2, 0) is 14.3 Å². The highest BCUT2D eigenvalue weighted by molar-refractivity contribution is 5.77. The zero-order valence-corrected chi connectivity index (χ0v) is 9.79. The van der Waals surface area contributed by atoms with Crippen molar-refractivity contribution >= 4 is 5.91 Å². The number of hydrogen-bond donors (Lipinski definition) is 2. The molecule has 1 amide bonds. The Morgan fingerprint density at radius 3 is 2.53 bits per heavy atom. The van der Waals surface area contributed by atoms with Crippen LogP contribution in [0.3, 0.4) is 0 Å². The lowest BCUT2D eigenvalue weighted by atomic mass is 10.1. The minimum absolute atomic E-state index is 0.0172. The van der Waals surface area contributed by atoms with Crippen LogP contribution in [0.15, 0.2) is 0 Å². The number of amides is 1. The fraction of sp³-hybridized carbons (Fsp3) is 0.900. The van der Waals surface area contributed by atoms with Crippen LogP contribution in [0.2, 0.25) is 0 Å². The summed E-state index contributed by atoms with van der Waals surface area (Å²) in [6, 6.07) is 0.0172. The Bertz CT molecular complexity index is 174. The standard InChI is InChI=1S/C10H22N2O3/c1-8(2)9(6-11)12-10(13)7-15-5-4-14-3/h8-9H,4-7,11H2,1-3H3,(H,12,13). The van der Waals surface area contributed by atoms with Gasteiger partial charge in [0.25, 0.3) is 0 Å². The zero-order chi connectivity index (χ0) is 11.7. The van der Waals surface area contributed by atoms with Crippen LogP contribution < -0.4 is 11.1 Å². The lowest BCUT2D eigenvalue weighted by molar-refractivity contribution is -0.127. The van der Waals surface area contributed by atoms with Gasteiger partial charge < -0.3 is 20.5 Å². The van der Waals surface area contributed by atoms with Gasteiger partial charge in [-0.1, -0.05) is 13.8 Å². The molecule has 1 atom stereocenters. The van der Waals surface area contributed by atoms with Gasteiger partial charge in [0.05, 0.1) is 13.2 Å². The van der Waals surface area contributed by atoms with Crippen LogP contribution in [0, 0.1) is 5.92 Å². The predicted octanol–water partition coefficient (Wildman–Crippen LogP) is -0.251. The van der Waals surface area contributed by atoms with Crippen molar-refractivity contribution in [1.29, 1.82) is 0 Å². The molecule has 0 heterocycles. The molecule has 0 fully saturated rings. The quantitative estimate of drug-likeness (QED) is 0.551. The van der Waals surface area contributed by atoms with Gasteiger partial charge in [-0.2, -0.15) is 0 Å². The van der Waals surface area contributed by atoms with Crippen molar-refractivity contribution in [2.75, 3.05) is 33.5 Å². The lowest BCUT2D eigenvalue weighted by Gasteiger charge is -2.20. The number of hydrogen-bond acceptors (Lipinski definition) is 4. The second kappa shape index (κ2) is 8.64. The molecule has 0 aromatic carbocycles. The summed E-state index contributed by atoms with van der Waals surface area (Å²) < 4.78 is 9.87. The highest BCUT2D eigenvalue weighted by Gasteiger charge is 2.13. The molecule has 0 saturated carbocycles. The van der Waals surface area contributed by atoms with Crippen LogP contribution in [-0.4, -0.2) is 45.4 Å². The number of nitrogens with one attached hydrogen (secondary N) is 1. The monoisotopic (exact) mass is 218 g/mol. The van der Waals surface area contributed by atoms with Crippen LogP contribution in [0.4, 0.5) is 0 Å². The third kappa shape index (κ3) is 7.30. The van der Waals surface area contributed by atoms with Crippen molar-refractivity contribution in [3.05, 3.63) is 0 Å². The molecule has 0 spiro atoms. The summed E-state index contributed by atoms with van der Waals surface area (Å²) in [6.07, 6.45) is 0. The lowest BCUT2D eigenvalue weighted by Crippen LogP contribution is -2.45. The van der Waals surface area contributed by atoms with Gasteiger partial charge in [-0.15, -0.1) is 0 Å². The Kier molecular flexibility index (Phi) is 8.27. The van der Waals surface area contributed by atoms with E-state index in [-0.39, 0.29) is 18.6 Å². The van der Waals surface area contributed by atoms with Crippen molar-refractivity contribution in [3.8, 4) is 0 Å². The first kappa shape index (κ1) is 14.3. The topological polar surface area (TPSA) is 73.6 Å². The maximum Gasteiger partial charge on any atom is 0.246 e. The molecule has 0 aromatic heterocycles. The molecule has 0 aliphatic carbocycles. The van der Waals surface area contributed by atoms with E-state index in [1.54, 1.807) is 7.11 Å². The molecular formula is C10H22N2O3. The number of carbonyl (C=O) groups is 1. The highest BCUT2D eigenvalue weighted by Crippen LogP contribution is 1.98. The van der Waals surface area contributed by atoms with Gasteiger partial charge in [0.2, 0.25) is 5.91 Å². The number of carbonyl (C=O) groups excluding carboxylic acids is 1. The Morgan fingerprint density at radius 2 is 2.07 bits per heavy atom. The number of rotatable bonds is 8. The molecule has 0 radical (unpaired) electrons. The number of nitrogens with two attached hydrogens (primary N) is 1. The molecule has 3 N–H and O–H groups in total. The van der Waals surface area contributed by atoms with E-state index >= 15 is 0 Å². The molecule has 0 aliphatic rings. The van der Waals surface area contributed by atoms with E-state index in [4.69, 9.17) is 15.2 Å². The third-order valence-electron chi connectivity index (χ3n) is 2.07. The van der Waals surface area contributed by atoms with Crippen LogP contribution in [0.1, 0.15) is 13.8 Å². The average Bonchev–Trinajstić information content (AvgIpc) is 2.20. The molecule has 0 aliphatic heterocycles. The first-order valence-electron chi connectivity index (χ1n) is 5.18. The van der Waals surface area contributed by atoms with E-state index < -0.39 is 0 Å². The van der Waals surface area contributed by atoms with E-state index in [1.165, 1.54) is 0 Å². The molecule has 0 bridgehead atoms. The summed E-state index contributed by atoms with van der Waals surface area (Å²) in [5.74, 6) is 0.202. The first-order chi connectivity index (χ1) is 7.11. The van der Waals surface area contributed by atoms with Crippen molar-refractivity contribution in [2.45, 2.75) is 19.9 Å². The smallest absolute Gasteiger partial charge is 0.246 e. The summed E-state index contributed by atoms with van der Waals surface area (Å²) in [5.41, 5.74) is 5.52. The number of methoxy groups -OCH3 is 1. The second-order valence-electron chi connectivity index (χ2n) is 3.70. The zero-order valence-electron chi connectivity index (χ0n) is 9.79. The molecule has 90 valence electrons. The van der Waals surface area contributed by atoms with Crippen LogP contribution >= 0.6 is 0 Å². The van der Waals surface area contributed by atoms with E-state index in [2.05, 4.69) is 5.32 Å². The fourth-order valence-electron chi connectivity index (χ4n) is 1.05. The molecule has 0 saturated heterocycles. The minimum Gasteiger partial charge on any atom is -0.382 e. The molecular weight excluding hydrogens is 196 g/mol. The van der Waals surface area contributed by atoms with Gasteiger partial charge in [0, 0.05) is 19.7 Å².